The molecule has 5 aromatic carbocycles. The summed E-state index contributed by atoms with van der Waals surface area (Å²) in [5, 5.41) is 5.60. The quantitative estimate of drug-likeness (QED) is 0.194. The van der Waals surface area contributed by atoms with Gasteiger partial charge in [0.1, 0.15) is 0 Å². The van der Waals surface area contributed by atoms with Crippen molar-refractivity contribution in [3.63, 3.8) is 0 Å². The fourth-order valence-corrected chi connectivity index (χ4v) is 6.84. The Kier molecular flexibility index (Phi) is 8.02. The van der Waals surface area contributed by atoms with Crippen LogP contribution in [0.1, 0.15) is 47.8 Å². The van der Waals surface area contributed by atoms with E-state index < -0.39 is 21.8 Å². The molecule has 0 saturated carbocycles. The number of carbonyl (C=O) groups excluding carboxylic acids is 3. The number of ketones is 1. The van der Waals surface area contributed by atoms with Crippen LogP contribution in [-0.2, 0) is 16.4 Å². The normalized spacial score (nSPS) is 12.3. The number of benzene rings is 5. The van der Waals surface area contributed by atoms with Gasteiger partial charge < -0.3 is 10.6 Å². The van der Waals surface area contributed by atoms with Gasteiger partial charge in [0, 0.05) is 23.2 Å². The third-order valence-electron chi connectivity index (χ3n) is 7.67. The van der Waals surface area contributed by atoms with Gasteiger partial charge in [0.2, 0.25) is 0 Å². The average molecular weight is 616 g/mol. The molecular formula is C36H29N3O5S. The Balaban J connectivity index is 1.20. The second-order valence-electron chi connectivity index (χ2n) is 10.7. The van der Waals surface area contributed by atoms with Crippen molar-refractivity contribution in [1.29, 1.82) is 0 Å². The smallest absolute Gasteiger partial charge is 0.264 e. The molecular weight excluding hydrogens is 586 g/mol. The third kappa shape index (κ3) is 5.98. The van der Waals surface area contributed by atoms with E-state index in [2.05, 4.69) is 10.6 Å². The zero-order chi connectivity index (χ0) is 31.6. The van der Waals surface area contributed by atoms with Gasteiger partial charge in [-0.05, 0) is 73.5 Å². The van der Waals surface area contributed by atoms with Crippen LogP contribution in [0, 0.1) is 6.92 Å². The summed E-state index contributed by atoms with van der Waals surface area (Å²) in [4.78, 5) is 40.0. The van der Waals surface area contributed by atoms with Crippen molar-refractivity contribution >= 4 is 44.7 Å². The molecule has 0 bridgehead atoms. The van der Waals surface area contributed by atoms with E-state index in [4.69, 9.17) is 0 Å². The third-order valence-corrected chi connectivity index (χ3v) is 9.50. The Labute approximate surface area is 261 Å². The van der Waals surface area contributed by atoms with Crippen LogP contribution in [0.5, 0.6) is 0 Å². The van der Waals surface area contributed by atoms with Crippen LogP contribution in [0.2, 0.25) is 0 Å². The molecule has 1 aliphatic heterocycles. The number of amides is 2. The highest BCUT2D eigenvalue weighted by atomic mass is 32.2. The molecule has 0 aromatic heterocycles. The minimum atomic E-state index is -3.81. The zero-order valence-corrected chi connectivity index (χ0v) is 25.2. The van der Waals surface area contributed by atoms with E-state index in [0.29, 0.717) is 35.5 Å². The van der Waals surface area contributed by atoms with Crippen molar-refractivity contribution in [3.8, 4) is 0 Å². The molecule has 9 heteroatoms. The molecule has 45 heavy (non-hydrogen) atoms. The summed E-state index contributed by atoms with van der Waals surface area (Å²) in [5.41, 5.74) is 4.36. The number of anilines is 3. The first-order chi connectivity index (χ1) is 21.7. The lowest BCUT2D eigenvalue weighted by Gasteiger charge is -2.19. The van der Waals surface area contributed by atoms with Crippen molar-refractivity contribution in [1.82, 2.24) is 0 Å². The van der Waals surface area contributed by atoms with Gasteiger partial charge in [-0.15, -0.1) is 0 Å². The first-order valence-electron chi connectivity index (χ1n) is 14.4. The molecule has 0 unspecified atom stereocenters. The first-order valence-corrected chi connectivity index (χ1v) is 15.8. The summed E-state index contributed by atoms with van der Waals surface area (Å²) in [7, 11) is -3.81. The van der Waals surface area contributed by atoms with Crippen LogP contribution in [0.15, 0.2) is 126 Å². The highest BCUT2D eigenvalue weighted by Gasteiger charge is 2.30. The van der Waals surface area contributed by atoms with Crippen molar-refractivity contribution in [2.24, 2.45) is 0 Å². The van der Waals surface area contributed by atoms with Gasteiger partial charge >= 0.3 is 0 Å². The van der Waals surface area contributed by atoms with E-state index in [1.807, 2.05) is 31.2 Å². The van der Waals surface area contributed by atoms with Crippen molar-refractivity contribution in [2.45, 2.75) is 18.2 Å². The van der Waals surface area contributed by atoms with Crippen molar-refractivity contribution < 1.29 is 22.8 Å². The van der Waals surface area contributed by atoms with Crippen LogP contribution in [0.4, 0.5) is 17.1 Å². The highest BCUT2D eigenvalue weighted by Crippen LogP contribution is 2.33. The van der Waals surface area contributed by atoms with Gasteiger partial charge in [-0.2, -0.15) is 0 Å². The van der Waals surface area contributed by atoms with E-state index in [-0.39, 0.29) is 27.5 Å². The molecule has 1 aliphatic rings. The number of rotatable bonds is 8. The maximum Gasteiger partial charge on any atom is 0.264 e. The summed E-state index contributed by atoms with van der Waals surface area (Å²) in [6, 6.07) is 33.7. The van der Waals surface area contributed by atoms with E-state index in [1.165, 1.54) is 28.6 Å². The minimum absolute atomic E-state index is 0.0782. The Morgan fingerprint density at radius 2 is 1.29 bits per heavy atom. The maximum absolute atomic E-state index is 13.5. The molecule has 0 aliphatic carbocycles. The van der Waals surface area contributed by atoms with E-state index in [0.717, 1.165) is 11.1 Å². The first kappa shape index (κ1) is 29.5. The fraction of sp³-hybridized carbons (Fsp3) is 0.0833. The summed E-state index contributed by atoms with van der Waals surface area (Å²) >= 11 is 0. The van der Waals surface area contributed by atoms with E-state index >= 15 is 0 Å². The molecule has 6 rings (SSSR count). The number of aryl methyl sites for hydroxylation is 1. The zero-order valence-electron chi connectivity index (χ0n) is 24.4. The summed E-state index contributed by atoms with van der Waals surface area (Å²) in [6.45, 7) is 2.22. The predicted molar refractivity (Wildman–Crippen MR) is 175 cm³/mol. The van der Waals surface area contributed by atoms with Gasteiger partial charge in [0.05, 0.1) is 27.5 Å². The highest BCUT2D eigenvalue weighted by molar-refractivity contribution is 7.92. The number of hydrogen-bond acceptors (Lipinski definition) is 5. The SMILES string of the molecule is Cc1ccc(NC(=O)c2ccccc2NC(=O)c2ccc(S(=O)(=O)N3CCc4ccccc43)cc2)c(C(=O)c2ccccc2)c1. The lowest BCUT2D eigenvalue weighted by Crippen LogP contribution is -2.29. The molecule has 0 fully saturated rings. The monoisotopic (exact) mass is 615 g/mol. The number of hydrogen-bond donors (Lipinski definition) is 2. The molecule has 8 nitrogen and oxygen atoms in total. The van der Waals surface area contributed by atoms with Gasteiger partial charge in [0.15, 0.2) is 5.78 Å². The lowest BCUT2D eigenvalue weighted by atomic mass is 9.99. The molecule has 5 aromatic rings. The average Bonchev–Trinajstić information content (AvgIpc) is 3.51. The van der Waals surface area contributed by atoms with E-state index in [9.17, 15) is 22.8 Å². The van der Waals surface area contributed by atoms with Crippen LogP contribution >= 0.6 is 0 Å². The summed E-state index contributed by atoms with van der Waals surface area (Å²) in [6.07, 6.45) is 0.636. The Morgan fingerprint density at radius 1 is 0.644 bits per heavy atom. The molecule has 224 valence electrons. The Hall–Kier alpha value is -5.54. The summed E-state index contributed by atoms with van der Waals surface area (Å²) < 4.78 is 28.1. The number of nitrogens with zero attached hydrogens (tertiary/aromatic N) is 1. The van der Waals surface area contributed by atoms with Crippen LogP contribution in [0.25, 0.3) is 0 Å². The number of sulfonamides is 1. The maximum atomic E-state index is 13.5. The van der Waals surface area contributed by atoms with E-state index in [1.54, 1.807) is 72.8 Å². The standard InChI is InChI=1S/C36H29N3O5S/c1-24-15-20-32(30(23-24)34(40)26-10-3-2-4-11-26)38-36(42)29-12-6-7-13-31(29)37-35(41)27-16-18-28(19-17-27)45(43,44)39-22-21-25-9-5-8-14-33(25)39/h2-20,23H,21-22H2,1H3,(H,37,41)(H,38,42). The van der Waals surface area contributed by atoms with Crippen molar-refractivity contribution in [3.05, 3.63) is 155 Å². The Bertz CT molecular complexity index is 2040. The second kappa shape index (κ2) is 12.2. The van der Waals surface area contributed by atoms with Crippen LogP contribution in [-0.4, -0.2) is 32.6 Å². The van der Waals surface area contributed by atoms with Gasteiger partial charge in [-0.3, -0.25) is 18.7 Å². The fourth-order valence-electron chi connectivity index (χ4n) is 5.34. The lowest BCUT2D eigenvalue weighted by molar-refractivity contribution is 0.102. The van der Waals surface area contributed by atoms with Crippen LogP contribution < -0.4 is 14.9 Å². The molecule has 0 saturated heterocycles. The minimum Gasteiger partial charge on any atom is -0.321 e. The largest absolute Gasteiger partial charge is 0.321 e. The number of carbonyl (C=O) groups is 3. The molecule has 2 N–H and O–H groups in total. The Morgan fingerprint density at radius 3 is 2.07 bits per heavy atom. The number of para-hydroxylation sites is 2. The van der Waals surface area contributed by atoms with Crippen molar-refractivity contribution in [2.75, 3.05) is 21.5 Å². The van der Waals surface area contributed by atoms with Gasteiger partial charge in [-0.25, -0.2) is 8.42 Å². The number of nitrogens with one attached hydrogen (secondary N) is 2. The molecule has 1 heterocycles. The molecule has 2 amide bonds. The second-order valence-corrected chi connectivity index (χ2v) is 12.5. The molecule has 0 spiro atoms. The topological polar surface area (TPSA) is 113 Å². The molecule has 0 radical (unpaired) electrons. The van der Waals surface area contributed by atoms with Gasteiger partial charge in [-0.1, -0.05) is 72.3 Å². The summed E-state index contributed by atoms with van der Waals surface area (Å²) in [5.74, 6) is -1.25. The van der Waals surface area contributed by atoms with Gasteiger partial charge in [0.25, 0.3) is 21.8 Å². The molecule has 0 atom stereocenters. The van der Waals surface area contributed by atoms with Crippen LogP contribution in [0.3, 0.4) is 0 Å². The number of fused-ring (bicyclic) bond motifs is 1. The predicted octanol–water partition coefficient (Wildman–Crippen LogP) is 6.48.